The maximum atomic E-state index is 12.4. The number of carbonyl (C=O) groups is 1. The minimum Gasteiger partial charge on any atom is -0.335 e. The van der Waals surface area contributed by atoms with Gasteiger partial charge in [-0.25, -0.2) is 4.79 Å². The molecule has 2 atom stereocenters. The van der Waals surface area contributed by atoms with Crippen molar-refractivity contribution in [3.8, 4) is 0 Å². The zero-order valence-corrected chi connectivity index (χ0v) is 17.5. The Bertz CT molecular complexity index is 865. The molecule has 0 bridgehead atoms. The molecule has 2 aliphatic rings. The Balaban J connectivity index is 1.36. The normalized spacial score (nSPS) is 22.0. The van der Waals surface area contributed by atoms with Crippen LogP contribution in [0.3, 0.4) is 0 Å². The highest BCUT2D eigenvalue weighted by Gasteiger charge is 2.27. The second kappa shape index (κ2) is 8.85. The van der Waals surface area contributed by atoms with Crippen molar-refractivity contribution in [2.75, 3.05) is 0 Å². The third-order valence-electron chi connectivity index (χ3n) is 6.32. The van der Waals surface area contributed by atoms with Gasteiger partial charge < -0.3 is 10.6 Å². The number of nitrogens with one attached hydrogen (secondary N) is 2. The van der Waals surface area contributed by atoms with Crippen molar-refractivity contribution in [2.24, 2.45) is 0 Å². The standard InChI is InChI=1S/C24H32N4O/c1-17-23(18(2)28(27-17)16-19-9-5-3-6-10-19)20-13-14-22(15-20)26-24(29)25-21-11-7-4-8-12-21/h3,5-6,9-10,13-14,20-22H,4,7-8,11-12,15-16H2,1-2H3,(H2,25,26,29)/t20-,22-/m1/s1. The minimum atomic E-state index is -0.0274. The molecule has 5 nitrogen and oxygen atoms in total. The van der Waals surface area contributed by atoms with E-state index in [0.717, 1.165) is 31.5 Å². The summed E-state index contributed by atoms with van der Waals surface area (Å²) in [4.78, 5) is 12.4. The molecule has 1 heterocycles. The molecule has 2 N–H and O–H groups in total. The molecular formula is C24H32N4O. The molecule has 0 spiro atoms. The number of nitrogens with zero attached hydrogens (tertiary/aromatic N) is 2. The second-order valence-electron chi connectivity index (χ2n) is 8.51. The molecule has 4 rings (SSSR count). The van der Waals surface area contributed by atoms with Gasteiger partial charge in [0.05, 0.1) is 12.2 Å². The highest BCUT2D eigenvalue weighted by atomic mass is 16.2. The van der Waals surface area contributed by atoms with E-state index in [2.05, 4.69) is 65.6 Å². The summed E-state index contributed by atoms with van der Waals surface area (Å²) in [5.41, 5.74) is 4.86. The number of hydrogen-bond donors (Lipinski definition) is 2. The summed E-state index contributed by atoms with van der Waals surface area (Å²) in [5, 5.41) is 11.1. The van der Waals surface area contributed by atoms with E-state index in [0.29, 0.717) is 12.0 Å². The quantitative estimate of drug-likeness (QED) is 0.731. The van der Waals surface area contributed by atoms with Crippen LogP contribution in [-0.2, 0) is 6.54 Å². The Morgan fingerprint density at radius 2 is 1.83 bits per heavy atom. The van der Waals surface area contributed by atoms with Crippen LogP contribution in [0.25, 0.3) is 0 Å². The van der Waals surface area contributed by atoms with Gasteiger partial charge in [0.15, 0.2) is 0 Å². The Morgan fingerprint density at radius 1 is 1.07 bits per heavy atom. The number of urea groups is 1. The maximum absolute atomic E-state index is 12.4. The summed E-state index contributed by atoms with van der Waals surface area (Å²) in [5.74, 6) is 0.305. The zero-order chi connectivity index (χ0) is 20.2. The lowest BCUT2D eigenvalue weighted by Crippen LogP contribution is -2.46. The molecule has 1 saturated carbocycles. The van der Waals surface area contributed by atoms with Crippen molar-refractivity contribution < 1.29 is 4.79 Å². The number of carbonyl (C=O) groups excluding carboxylic acids is 1. The van der Waals surface area contributed by atoms with E-state index in [4.69, 9.17) is 5.10 Å². The summed E-state index contributed by atoms with van der Waals surface area (Å²) in [6, 6.07) is 10.8. The van der Waals surface area contributed by atoms with Crippen LogP contribution < -0.4 is 10.6 Å². The molecular weight excluding hydrogens is 360 g/mol. The lowest BCUT2D eigenvalue weighted by atomic mass is 9.95. The topological polar surface area (TPSA) is 59.0 Å². The van der Waals surface area contributed by atoms with Gasteiger partial charge in [-0.15, -0.1) is 0 Å². The van der Waals surface area contributed by atoms with Crippen molar-refractivity contribution in [1.29, 1.82) is 0 Å². The highest BCUT2D eigenvalue weighted by molar-refractivity contribution is 5.75. The van der Waals surface area contributed by atoms with E-state index in [1.807, 2.05) is 6.07 Å². The first-order chi connectivity index (χ1) is 14.1. The van der Waals surface area contributed by atoms with Crippen LogP contribution in [-0.4, -0.2) is 27.9 Å². The summed E-state index contributed by atoms with van der Waals surface area (Å²) >= 11 is 0. The van der Waals surface area contributed by atoms with Crippen LogP contribution in [0.15, 0.2) is 42.5 Å². The predicted octanol–water partition coefficient (Wildman–Crippen LogP) is 4.59. The third kappa shape index (κ3) is 4.72. The lowest BCUT2D eigenvalue weighted by molar-refractivity contribution is 0.230. The Morgan fingerprint density at radius 3 is 2.59 bits per heavy atom. The van der Waals surface area contributed by atoms with Crippen LogP contribution in [0.4, 0.5) is 4.79 Å². The molecule has 154 valence electrons. The van der Waals surface area contributed by atoms with Crippen LogP contribution in [0.2, 0.25) is 0 Å². The fourth-order valence-electron chi connectivity index (χ4n) is 4.82. The third-order valence-corrected chi connectivity index (χ3v) is 6.32. The molecule has 29 heavy (non-hydrogen) atoms. The van der Waals surface area contributed by atoms with E-state index in [9.17, 15) is 4.79 Å². The van der Waals surface area contributed by atoms with Crippen LogP contribution >= 0.6 is 0 Å². The van der Waals surface area contributed by atoms with Crippen molar-refractivity contribution >= 4 is 6.03 Å². The molecule has 0 unspecified atom stereocenters. The first-order valence-electron chi connectivity index (χ1n) is 10.9. The molecule has 0 saturated heterocycles. The van der Waals surface area contributed by atoms with Gasteiger partial charge in [-0.3, -0.25) is 4.68 Å². The van der Waals surface area contributed by atoms with Gasteiger partial charge in [-0.05, 0) is 38.7 Å². The molecule has 2 amide bonds. The van der Waals surface area contributed by atoms with E-state index in [1.165, 1.54) is 36.1 Å². The van der Waals surface area contributed by atoms with Gasteiger partial charge in [-0.2, -0.15) is 5.10 Å². The van der Waals surface area contributed by atoms with E-state index in [-0.39, 0.29) is 12.1 Å². The monoisotopic (exact) mass is 392 g/mol. The van der Waals surface area contributed by atoms with Gasteiger partial charge in [0, 0.05) is 29.3 Å². The average Bonchev–Trinajstić information content (AvgIpc) is 3.27. The number of allylic oxidation sites excluding steroid dienone is 1. The number of aromatic nitrogens is 2. The van der Waals surface area contributed by atoms with Crippen molar-refractivity contribution in [3.63, 3.8) is 0 Å². The zero-order valence-electron chi connectivity index (χ0n) is 17.5. The molecule has 1 fully saturated rings. The minimum absolute atomic E-state index is 0.0274. The smallest absolute Gasteiger partial charge is 0.315 e. The average molecular weight is 393 g/mol. The molecule has 2 aliphatic carbocycles. The van der Waals surface area contributed by atoms with E-state index >= 15 is 0 Å². The molecule has 0 radical (unpaired) electrons. The number of amides is 2. The molecule has 2 aromatic rings. The highest BCUT2D eigenvalue weighted by Crippen LogP contribution is 2.33. The largest absolute Gasteiger partial charge is 0.335 e. The number of rotatable bonds is 5. The first kappa shape index (κ1) is 19.7. The van der Waals surface area contributed by atoms with Crippen LogP contribution in [0.1, 0.15) is 67.0 Å². The number of hydrogen-bond acceptors (Lipinski definition) is 2. The van der Waals surface area contributed by atoms with Crippen molar-refractivity contribution in [3.05, 3.63) is 65.0 Å². The summed E-state index contributed by atoms with van der Waals surface area (Å²) in [6.07, 6.45) is 11.2. The van der Waals surface area contributed by atoms with Crippen LogP contribution in [0, 0.1) is 13.8 Å². The van der Waals surface area contributed by atoms with Gasteiger partial charge in [0.2, 0.25) is 0 Å². The predicted molar refractivity (Wildman–Crippen MR) is 116 cm³/mol. The maximum Gasteiger partial charge on any atom is 0.315 e. The van der Waals surface area contributed by atoms with E-state index in [1.54, 1.807) is 0 Å². The van der Waals surface area contributed by atoms with E-state index < -0.39 is 0 Å². The molecule has 1 aromatic carbocycles. The van der Waals surface area contributed by atoms with Crippen molar-refractivity contribution in [2.45, 2.75) is 76.9 Å². The Hall–Kier alpha value is -2.56. The van der Waals surface area contributed by atoms with Crippen molar-refractivity contribution in [1.82, 2.24) is 20.4 Å². The SMILES string of the molecule is Cc1nn(Cc2ccccc2)c(C)c1[C@@H]1C=C[C@@H](NC(=O)NC2CCCCC2)C1. The first-order valence-corrected chi connectivity index (χ1v) is 10.9. The summed E-state index contributed by atoms with van der Waals surface area (Å²) < 4.78 is 2.10. The molecule has 5 heteroatoms. The fourth-order valence-corrected chi connectivity index (χ4v) is 4.82. The molecule has 1 aromatic heterocycles. The number of aryl methyl sites for hydroxylation is 1. The fraction of sp³-hybridized carbons (Fsp3) is 0.500. The summed E-state index contributed by atoms with van der Waals surface area (Å²) in [6.45, 7) is 5.03. The lowest BCUT2D eigenvalue weighted by Gasteiger charge is -2.24. The summed E-state index contributed by atoms with van der Waals surface area (Å²) in [7, 11) is 0. The number of benzene rings is 1. The van der Waals surface area contributed by atoms with Gasteiger partial charge in [0.25, 0.3) is 0 Å². The molecule has 0 aliphatic heterocycles. The van der Waals surface area contributed by atoms with Gasteiger partial charge in [-0.1, -0.05) is 61.7 Å². The second-order valence-corrected chi connectivity index (χ2v) is 8.51. The Kier molecular flexibility index (Phi) is 6.02. The Labute approximate surface area is 173 Å². The van der Waals surface area contributed by atoms with Gasteiger partial charge in [0.1, 0.15) is 0 Å². The van der Waals surface area contributed by atoms with Crippen LogP contribution in [0.5, 0.6) is 0 Å². The van der Waals surface area contributed by atoms with Gasteiger partial charge >= 0.3 is 6.03 Å².